The number of unbranched alkanes of at least 4 members (excludes halogenated alkanes) is 1. The van der Waals surface area contributed by atoms with Gasteiger partial charge in [-0.3, -0.25) is 0 Å². The van der Waals surface area contributed by atoms with Gasteiger partial charge in [-0.15, -0.1) is 0 Å². The van der Waals surface area contributed by atoms with E-state index in [1.54, 1.807) is 19.9 Å². The van der Waals surface area contributed by atoms with E-state index in [1.165, 1.54) is 46.1 Å². The van der Waals surface area contributed by atoms with Crippen LogP contribution in [0.5, 0.6) is 0 Å². The Balaban J connectivity index is 0.00000322. The summed E-state index contributed by atoms with van der Waals surface area (Å²) in [4.78, 5) is 0. The zero-order valence-electron chi connectivity index (χ0n) is 22.4. The molecule has 1 rings (SSSR count). The highest BCUT2D eigenvalue weighted by Gasteiger charge is 2.22. The lowest BCUT2D eigenvalue weighted by molar-refractivity contribution is -0.0515. The third-order valence-electron chi connectivity index (χ3n) is 5.66. The summed E-state index contributed by atoms with van der Waals surface area (Å²) in [6, 6.07) is 0. The van der Waals surface area contributed by atoms with E-state index in [9.17, 15) is 8.78 Å². The quantitative estimate of drug-likeness (QED) is 0.210. The van der Waals surface area contributed by atoms with Crippen LogP contribution in [0.4, 0.5) is 8.78 Å². The van der Waals surface area contributed by atoms with Crippen molar-refractivity contribution in [2.75, 3.05) is 20.3 Å². The Kier molecular flexibility index (Phi) is 17.8. The molecule has 192 valence electrons. The van der Waals surface area contributed by atoms with Crippen molar-refractivity contribution in [1.29, 1.82) is 0 Å². The van der Waals surface area contributed by atoms with E-state index in [0.717, 1.165) is 25.2 Å². The maximum atomic E-state index is 14.5. The summed E-state index contributed by atoms with van der Waals surface area (Å²) < 4.78 is 45.4. The average Bonchev–Trinajstić information content (AvgIpc) is 2.83. The van der Waals surface area contributed by atoms with Crippen LogP contribution in [0.15, 0.2) is 46.5 Å². The van der Waals surface area contributed by atoms with Gasteiger partial charge in [0.1, 0.15) is 12.4 Å². The maximum Gasteiger partial charge on any atom is 0.196 e. The van der Waals surface area contributed by atoms with Gasteiger partial charge in [0.2, 0.25) is 0 Å². The van der Waals surface area contributed by atoms with Crippen molar-refractivity contribution in [3.05, 3.63) is 46.5 Å². The maximum absolute atomic E-state index is 14.5. The molecule has 0 aliphatic carbocycles. The molecule has 1 aliphatic rings. The fourth-order valence-electron chi connectivity index (χ4n) is 3.48. The predicted octanol–water partition coefficient (Wildman–Crippen LogP) is 9.13. The average molecular weight is 471 g/mol. The molecule has 0 saturated carbocycles. The molecular weight excluding hydrogens is 422 g/mol. The molecule has 0 amide bonds. The van der Waals surface area contributed by atoms with Gasteiger partial charge in [-0.1, -0.05) is 60.0 Å². The van der Waals surface area contributed by atoms with Gasteiger partial charge in [0.25, 0.3) is 0 Å². The monoisotopic (exact) mass is 470 g/mol. The zero-order chi connectivity index (χ0) is 25.2. The van der Waals surface area contributed by atoms with E-state index >= 15 is 0 Å². The first-order valence-electron chi connectivity index (χ1n) is 12.7. The normalized spacial score (nSPS) is 20.9. The van der Waals surface area contributed by atoms with Gasteiger partial charge < -0.3 is 14.2 Å². The molecule has 0 radical (unpaired) electrons. The fourth-order valence-corrected chi connectivity index (χ4v) is 3.48. The molecule has 0 aromatic carbocycles. The van der Waals surface area contributed by atoms with E-state index in [2.05, 4.69) is 20.8 Å². The van der Waals surface area contributed by atoms with E-state index in [0.29, 0.717) is 30.1 Å². The van der Waals surface area contributed by atoms with Crippen LogP contribution >= 0.6 is 0 Å². The number of methoxy groups -OCH3 is 1. The topological polar surface area (TPSA) is 27.7 Å². The van der Waals surface area contributed by atoms with E-state index in [1.807, 2.05) is 13.0 Å². The van der Waals surface area contributed by atoms with Crippen LogP contribution in [0.3, 0.4) is 0 Å². The fraction of sp³-hybridized carbons (Fsp3) is 0.714. The van der Waals surface area contributed by atoms with Crippen LogP contribution in [0.25, 0.3) is 0 Å². The van der Waals surface area contributed by atoms with Crippen LogP contribution in [0.1, 0.15) is 99.8 Å². The third kappa shape index (κ3) is 12.4. The van der Waals surface area contributed by atoms with E-state index in [-0.39, 0.29) is 11.9 Å². The van der Waals surface area contributed by atoms with Crippen molar-refractivity contribution in [2.45, 2.75) is 106 Å². The van der Waals surface area contributed by atoms with Crippen LogP contribution in [-0.4, -0.2) is 26.4 Å². The molecule has 1 saturated heterocycles. The molecule has 1 fully saturated rings. The molecule has 33 heavy (non-hydrogen) atoms. The SMILES string of the molecule is CCC.CCCCC1CCC(CO/C(=C/C=C(C)/C(CC)=C(F)/C(F)=C(\C)OC)CC)OC1. The lowest BCUT2D eigenvalue weighted by atomic mass is 9.94. The number of ether oxygens (including phenoxy) is 3. The highest BCUT2D eigenvalue weighted by molar-refractivity contribution is 5.40. The Bertz CT molecular complexity index is 654. The molecule has 1 aliphatic heterocycles. The van der Waals surface area contributed by atoms with Gasteiger partial charge in [-0.05, 0) is 62.7 Å². The van der Waals surface area contributed by atoms with E-state index in [4.69, 9.17) is 14.2 Å². The summed E-state index contributed by atoms with van der Waals surface area (Å²) in [6.45, 7) is 14.8. The zero-order valence-corrected chi connectivity index (χ0v) is 22.4. The van der Waals surface area contributed by atoms with Gasteiger partial charge in [0.15, 0.2) is 11.7 Å². The summed E-state index contributed by atoms with van der Waals surface area (Å²) in [6.07, 6.45) is 12.1. The molecule has 2 unspecified atom stereocenters. The predicted molar refractivity (Wildman–Crippen MR) is 135 cm³/mol. The van der Waals surface area contributed by atoms with E-state index < -0.39 is 11.7 Å². The van der Waals surface area contributed by atoms with Gasteiger partial charge in [-0.25, -0.2) is 8.78 Å². The lowest BCUT2D eigenvalue weighted by Gasteiger charge is -2.29. The molecule has 3 nitrogen and oxygen atoms in total. The second-order valence-corrected chi connectivity index (χ2v) is 8.62. The molecule has 1 heterocycles. The Hall–Kier alpha value is -1.62. The minimum atomic E-state index is -0.954. The smallest absolute Gasteiger partial charge is 0.196 e. The number of hydrogen-bond acceptors (Lipinski definition) is 3. The van der Waals surface area contributed by atoms with Crippen LogP contribution < -0.4 is 0 Å². The Morgan fingerprint density at radius 2 is 1.64 bits per heavy atom. The number of hydrogen-bond donors (Lipinski definition) is 0. The third-order valence-corrected chi connectivity index (χ3v) is 5.66. The lowest BCUT2D eigenvalue weighted by Crippen LogP contribution is -2.29. The number of rotatable bonds is 12. The van der Waals surface area contributed by atoms with Gasteiger partial charge in [0.05, 0.1) is 19.0 Å². The number of halogens is 2. The molecule has 0 spiro atoms. The second kappa shape index (κ2) is 18.8. The first kappa shape index (κ1) is 31.4. The van der Waals surface area contributed by atoms with Crippen molar-refractivity contribution in [3.8, 4) is 0 Å². The Morgan fingerprint density at radius 1 is 0.970 bits per heavy atom. The minimum absolute atomic E-state index is 0.0659. The highest BCUT2D eigenvalue weighted by Crippen LogP contribution is 2.28. The van der Waals surface area contributed by atoms with Crippen LogP contribution in [0.2, 0.25) is 0 Å². The summed E-state index contributed by atoms with van der Waals surface area (Å²) >= 11 is 0. The van der Waals surface area contributed by atoms with Crippen LogP contribution in [-0.2, 0) is 14.2 Å². The summed E-state index contributed by atoms with van der Waals surface area (Å²) in [5.74, 6) is -0.399. The molecular formula is C28H48F2O3. The van der Waals surface area contributed by atoms with Crippen molar-refractivity contribution >= 4 is 0 Å². The molecule has 0 aromatic rings. The van der Waals surface area contributed by atoms with Gasteiger partial charge >= 0.3 is 0 Å². The first-order chi connectivity index (χ1) is 15.8. The van der Waals surface area contributed by atoms with Crippen molar-refractivity contribution in [2.24, 2.45) is 5.92 Å². The molecule has 0 N–H and O–H groups in total. The first-order valence-corrected chi connectivity index (χ1v) is 12.7. The molecule has 5 heteroatoms. The van der Waals surface area contributed by atoms with Gasteiger partial charge in [-0.2, -0.15) is 0 Å². The number of allylic oxidation sites excluding steroid dienone is 8. The Morgan fingerprint density at radius 3 is 2.12 bits per heavy atom. The van der Waals surface area contributed by atoms with Crippen LogP contribution in [0, 0.1) is 5.92 Å². The minimum Gasteiger partial charge on any atom is -0.498 e. The molecule has 0 aromatic heterocycles. The molecule has 2 atom stereocenters. The summed E-state index contributed by atoms with van der Waals surface area (Å²) in [7, 11) is 1.32. The van der Waals surface area contributed by atoms with Crippen molar-refractivity contribution in [1.82, 2.24) is 0 Å². The Labute approximate surface area is 202 Å². The standard InChI is InChI=1S/C25H40F2O3.C3H8/c1-7-10-11-20-13-15-22(29-16-20)17-30-21(8-2)14-12-18(4)23(9-3)25(27)24(26)19(5)28-6;1-3-2/h12,14,20,22H,7-11,13,15-17H2,1-6H3;3H2,1-2H3/b18-12+,21-14+,24-19-,25-23-;. The van der Waals surface area contributed by atoms with Crippen molar-refractivity contribution < 1.29 is 23.0 Å². The highest BCUT2D eigenvalue weighted by atomic mass is 19.2. The molecule has 0 bridgehead atoms. The summed E-state index contributed by atoms with van der Waals surface area (Å²) in [5, 5.41) is 0. The van der Waals surface area contributed by atoms with Gasteiger partial charge in [0, 0.05) is 13.0 Å². The van der Waals surface area contributed by atoms with Crippen molar-refractivity contribution in [3.63, 3.8) is 0 Å². The largest absolute Gasteiger partial charge is 0.498 e. The summed E-state index contributed by atoms with van der Waals surface area (Å²) in [5.41, 5.74) is 0.987. The second-order valence-electron chi connectivity index (χ2n) is 8.62.